The van der Waals surface area contributed by atoms with Gasteiger partial charge in [-0.25, -0.2) is 4.79 Å². The second-order valence-corrected chi connectivity index (χ2v) is 0.614. The molecule has 0 fully saturated rings. The Hall–Kier alpha value is 0.866. The van der Waals surface area contributed by atoms with Crippen molar-refractivity contribution in [1.82, 2.24) is 5.32 Å². The fourth-order valence-electron chi connectivity index (χ4n) is 0. The molecule has 0 atom stereocenters. The van der Waals surface area contributed by atoms with E-state index in [-0.39, 0.29) is 56.9 Å². The molecule has 0 rings (SSSR count). The molecule has 4 nitrogen and oxygen atoms in total. The molecule has 5 heteroatoms. The Morgan fingerprint density at radius 3 is 1.86 bits per heavy atom. The van der Waals surface area contributed by atoms with Gasteiger partial charge in [-0.15, -0.1) is 0 Å². The minimum atomic E-state index is -0.495. The van der Waals surface area contributed by atoms with Gasteiger partial charge in [-0.1, -0.05) is 0 Å². The van der Waals surface area contributed by atoms with E-state index in [0.717, 1.165) is 0 Å². The first-order chi connectivity index (χ1) is 2.27. The number of primary amides is 1. The van der Waals surface area contributed by atoms with Gasteiger partial charge in [-0.05, 0) is 0 Å². The summed E-state index contributed by atoms with van der Waals surface area (Å²) in [4.78, 5) is 9.48. The maximum Gasteiger partial charge on any atom is 0.311 e. The van der Waals surface area contributed by atoms with E-state index in [1.54, 1.807) is 0 Å². The van der Waals surface area contributed by atoms with Crippen LogP contribution >= 0.6 is 0 Å². The Balaban J connectivity index is -0.0000000800. The van der Waals surface area contributed by atoms with Crippen molar-refractivity contribution < 1.29 is 10.3 Å². The van der Waals surface area contributed by atoms with Gasteiger partial charge in [-0.3, -0.25) is 0 Å². The average Bonchev–Trinajstić information content (AvgIpc) is 1.38. The molecule has 1 radical (unpaired) electrons. The average molecular weight is 131 g/mol. The van der Waals surface area contributed by atoms with E-state index < -0.39 is 6.03 Å². The summed E-state index contributed by atoms with van der Waals surface area (Å²) in [6.07, 6.45) is 0. The number of hydrogen-bond donors (Lipinski definition) is 2. The zero-order valence-electron chi connectivity index (χ0n) is 4.49. The summed E-state index contributed by atoms with van der Waals surface area (Å²) in [6, 6.07) is -0.495. The van der Waals surface area contributed by atoms with Crippen LogP contribution in [0.2, 0.25) is 0 Å². The molecule has 0 aliphatic heterocycles. The van der Waals surface area contributed by atoms with Crippen molar-refractivity contribution in [2.45, 2.75) is 0 Å². The molecule has 0 saturated carbocycles. The third kappa shape index (κ3) is 19.8. The third-order valence-electron chi connectivity index (χ3n) is 0.246. The van der Waals surface area contributed by atoms with Crippen molar-refractivity contribution in [3.05, 3.63) is 0 Å². The number of rotatable bonds is 0. The standard InChI is InChI=1S/C2H6N2O.K.H2O/c1-4-2(3)5;;/h1H3,(H3,3,4,5);;1H2. The second-order valence-electron chi connectivity index (χ2n) is 0.614. The molecule has 0 aliphatic rings. The maximum absolute atomic E-state index is 9.48. The van der Waals surface area contributed by atoms with Crippen LogP contribution in [0.5, 0.6) is 0 Å². The molecular formula is C2H8KN2O2. The van der Waals surface area contributed by atoms with E-state index >= 15 is 0 Å². The van der Waals surface area contributed by atoms with Crippen LogP contribution in [-0.4, -0.2) is 69.9 Å². The van der Waals surface area contributed by atoms with Crippen LogP contribution in [0.25, 0.3) is 0 Å². The molecular weight excluding hydrogens is 123 g/mol. The van der Waals surface area contributed by atoms with Crippen LogP contribution in [0, 0.1) is 0 Å². The van der Waals surface area contributed by atoms with Crippen LogP contribution in [0.1, 0.15) is 0 Å². The first-order valence-electron chi connectivity index (χ1n) is 1.24. The SMILES string of the molecule is CNC(N)=O.O.[K]. The molecule has 0 bridgehead atoms. The number of amides is 2. The molecule has 0 spiro atoms. The summed E-state index contributed by atoms with van der Waals surface area (Å²) in [7, 11) is 1.47. The van der Waals surface area contributed by atoms with Crippen molar-refractivity contribution in [2.24, 2.45) is 5.73 Å². The molecule has 2 amide bonds. The van der Waals surface area contributed by atoms with Crippen molar-refractivity contribution in [2.75, 3.05) is 7.05 Å². The van der Waals surface area contributed by atoms with Gasteiger partial charge in [-0.2, -0.15) is 0 Å². The van der Waals surface area contributed by atoms with Crippen LogP contribution < -0.4 is 11.1 Å². The van der Waals surface area contributed by atoms with Gasteiger partial charge < -0.3 is 16.5 Å². The smallest absolute Gasteiger partial charge is 0.311 e. The zero-order chi connectivity index (χ0) is 4.28. The van der Waals surface area contributed by atoms with Crippen LogP contribution in [0.3, 0.4) is 0 Å². The van der Waals surface area contributed by atoms with E-state index in [9.17, 15) is 4.79 Å². The predicted octanol–water partition coefficient (Wildman–Crippen LogP) is -1.92. The zero-order valence-corrected chi connectivity index (χ0v) is 7.61. The van der Waals surface area contributed by atoms with Gasteiger partial charge in [0.15, 0.2) is 0 Å². The largest absolute Gasteiger partial charge is 0.412 e. The second kappa shape index (κ2) is 9.98. The van der Waals surface area contributed by atoms with Gasteiger partial charge in [0.2, 0.25) is 0 Å². The minimum Gasteiger partial charge on any atom is -0.412 e. The monoisotopic (exact) mass is 131 g/mol. The molecule has 0 aromatic heterocycles. The Morgan fingerprint density at radius 1 is 1.71 bits per heavy atom. The number of carbonyl (C=O) groups excluding carboxylic acids is 1. The van der Waals surface area contributed by atoms with Gasteiger partial charge in [0, 0.05) is 58.4 Å². The molecule has 0 aromatic carbocycles. The van der Waals surface area contributed by atoms with E-state index in [4.69, 9.17) is 0 Å². The third-order valence-corrected chi connectivity index (χ3v) is 0.246. The van der Waals surface area contributed by atoms with Gasteiger partial charge in [0.25, 0.3) is 0 Å². The van der Waals surface area contributed by atoms with Crippen molar-refractivity contribution in [3.63, 3.8) is 0 Å². The maximum atomic E-state index is 9.48. The predicted molar refractivity (Wildman–Crippen MR) is 28.0 cm³/mol. The normalized spacial score (nSPS) is 4.71. The molecule has 0 unspecified atom stereocenters. The van der Waals surface area contributed by atoms with Crippen LogP contribution in [0.4, 0.5) is 4.79 Å². The van der Waals surface area contributed by atoms with E-state index in [2.05, 4.69) is 11.1 Å². The quantitative estimate of drug-likeness (QED) is 0.369. The summed E-state index contributed by atoms with van der Waals surface area (Å²) in [6.45, 7) is 0. The molecule has 5 N–H and O–H groups in total. The minimum absolute atomic E-state index is 0. The number of carbonyl (C=O) groups is 1. The Labute approximate surface area is 84.6 Å². The Kier molecular flexibility index (Phi) is 22.3. The van der Waals surface area contributed by atoms with Gasteiger partial charge >= 0.3 is 6.03 Å². The molecule has 7 heavy (non-hydrogen) atoms. The van der Waals surface area contributed by atoms with Crippen molar-refractivity contribution in [3.8, 4) is 0 Å². The molecule has 0 heterocycles. The summed E-state index contributed by atoms with van der Waals surface area (Å²) < 4.78 is 0. The number of nitrogens with two attached hydrogens (primary N) is 1. The van der Waals surface area contributed by atoms with Gasteiger partial charge in [0.1, 0.15) is 0 Å². The summed E-state index contributed by atoms with van der Waals surface area (Å²) in [5.41, 5.74) is 4.54. The van der Waals surface area contributed by atoms with E-state index in [1.165, 1.54) is 7.05 Å². The molecule has 0 aromatic rings. The first kappa shape index (κ1) is 15.7. The van der Waals surface area contributed by atoms with Crippen LogP contribution in [-0.2, 0) is 0 Å². The summed E-state index contributed by atoms with van der Waals surface area (Å²) in [5, 5.41) is 2.17. The number of nitrogens with one attached hydrogen (secondary N) is 1. The fraction of sp³-hybridized carbons (Fsp3) is 0.500. The van der Waals surface area contributed by atoms with Gasteiger partial charge in [0.05, 0.1) is 0 Å². The van der Waals surface area contributed by atoms with Crippen molar-refractivity contribution >= 4 is 57.4 Å². The topological polar surface area (TPSA) is 86.6 Å². The molecule has 0 saturated heterocycles. The Bertz CT molecular complexity index is 49.0. The van der Waals surface area contributed by atoms with Crippen molar-refractivity contribution in [1.29, 1.82) is 0 Å². The van der Waals surface area contributed by atoms with E-state index in [1.807, 2.05) is 0 Å². The summed E-state index contributed by atoms with van der Waals surface area (Å²) in [5.74, 6) is 0. The van der Waals surface area contributed by atoms with E-state index in [0.29, 0.717) is 0 Å². The number of hydrogen-bond acceptors (Lipinski definition) is 1. The Morgan fingerprint density at radius 2 is 1.86 bits per heavy atom. The molecule has 39 valence electrons. The number of urea groups is 1. The molecule has 0 aliphatic carbocycles. The van der Waals surface area contributed by atoms with Crippen LogP contribution in [0.15, 0.2) is 0 Å². The fourth-order valence-corrected chi connectivity index (χ4v) is 0. The summed E-state index contributed by atoms with van der Waals surface area (Å²) >= 11 is 0. The first-order valence-corrected chi connectivity index (χ1v) is 1.24.